The van der Waals surface area contributed by atoms with Crippen LogP contribution in [0.1, 0.15) is 18.5 Å². The average Bonchev–Trinajstić information content (AvgIpc) is 2.48. The number of para-hydroxylation sites is 2. The summed E-state index contributed by atoms with van der Waals surface area (Å²) < 4.78 is 5.19. The fraction of sp³-hybridized carbons (Fsp3) is 0.188. The van der Waals surface area contributed by atoms with Crippen LogP contribution in [0.4, 0.5) is 16.2 Å². The molecule has 0 radical (unpaired) electrons. The van der Waals surface area contributed by atoms with E-state index in [9.17, 15) is 4.79 Å². The number of hydrogen-bond acceptors (Lipinski definition) is 3. The molecule has 0 aliphatic heterocycles. The molecule has 5 nitrogen and oxygen atoms in total. The number of carbonyl (C=O) groups is 1. The van der Waals surface area contributed by atoms with Crippen molar-refractivity contribution in [3.63, 3.8) is 0 Å². The quantitative estimate of drug-likeness (QED) is 0.806. The Hall–Kier alpha value is -2.53. The van der Waals surface area contributed by atoms with E-state index in [1.807, 2.05) is 43.3 Å². The molecule has 0 fully saturated rings. The van der Waals surface area contributed by atoms with Gasteiger partial charge >= 0.3 is 6.03 Å². The number of rotatable bonds is 4. The summed E-state index contributed by atoms with van der Waals surface area (Å²) in [7, 11) is 1.56. The van der Waals surface area contributed by atoms with Crippen LogP contribution in [-0.4, -0.2) is 13.1 Å². The molecule has 0 aliphatic carbocycles. The van der Waals surface area contributed by atoms with Gasteiger partial charge in [0.1, 0.15) is 5.75 Å². The molecule has 0 saturated heterocycles. The molecule has 0 aromatic heterocycles. The third kappa shape index (κ3) is 3.97. The van der Waals surface area contributed by atoms with Crippen LogP contribution in [0, 0.1) is 0 Å². The van der Waals surface area contributed by atoms with Gasteiger partial charge in [0.2, 0.25) is 0 Å². The second kappa shape index (κ2) is 6.76. The number of methoxy groups -OCH3 is 1. The zero-order valence-corrected chi connectivity index (χ0v) is 12.1. The minimum Gasteiger partial charge on any atom is -0.495 e. The fourth-order valence-corrected chi connectivity index (χ4v) is 1.93. The Morgan fingerprint density at radius 2 is 1.90 bits per heavy atom. The van der Waals surface area contributed by atoms with Gasteiger partial charge in [0, 0.05) is 11.7 Å². The van der Waals surface area contributed by atoms with Gasteiger partial charge in [-0.3, -0.25) is 0 Å². The number of nitrogens with two attached hydrogens (primary N) is 1. The summed E-state index contributed by atoms with van der Waals surface area (Å²) in [5.41, 5.74) is 8.10. The average molecular weight is 285 g/mol. The van der Waals surface area contributed by atoms with E-state index in [1.165, 1.54) is 0 Å². The molecule has 0 spiro atoms. The van der Waals surface area contributed by atoms with Crippen LogP contribution in [0.3, 0.4) is 0 Å². The minimum absolute atomic E-state index is 0.0796. The Morgan fingerprint density at radius 3 is 2.62 bits per heavy atom. The second-order valence-corrected chi connectivity index (χ2v) is 4.69. The summed E-state index contributed by atoms with van der Waals surface area (Å²) in [5, 5.41) is 5.53. The second-order valence-electron chi connectivity index (χ2n) is 4.69. The van der Waals surface area contributed by atoms with Gasteiger partial charge in [-0.15, -0.1) is 0 Å². The minimum atomic E-state index is -0.332. The normalized spacial score (nSPS) is 11.6. The fourth-order valence-electron chi connectivity index (χ4n) is 1.93. The number of ether oxygens (including phenoxy) is 1. The number of nitrogens with one attached hydrogen (secondary N) is 2. The molecule has 0 bridgehead atoms. The lowest BCUT2D eigenvalue weighted by Gasteiger charge is -2.12. The van der Waals surface area contributed by atoms with E-state index < -0.39 is 0 Å². The lowest BCUT2D eigenvalue weighted by Crippen LogP contribution is -2.20. The van der Waals surface area contributed by atoms with Gasteiger partial charge in [-0.2, -0.15) is 0 Å². The molecule has 2 rings (SSSR count). The van der Waals surface area contributed by atoms with Crippen molar-refractivity contribution in [3.8, 4) is 5.75 Å². The molecular weight excluding hydrogens is 266 g/mol. The number of urea groups is 1. The SMILES string of the molecule is COc1ccccc1NC(=O)Nc1cccc(C(C)N)c1. The van der Waals surface area contributed by atoms with Crippen LogP contribution in [0.25, 0.3) is 0 Å². The van der Waals surface area contributed by atoms with Gasteiger partial charge in [0.15, 0.2) is 0 Å². The van der Waals surface area contributed by atoms with Crippen molar-refractivity contribution in [1.82, 2.24) is 0 Å². The van der Waals surface area contributed by atoms with Gasteiger partial charge in [0.05, 0.1) is 12.8 Å². The maximum Gasteiger partial charge on any atom is 0.323 e. The van der Waals surface area contributed by atoms with Gasteiger partial charge in [-0.05, 0) is 36.8 Å². The highest BCUT2D eigenvalue weighted by molar-refractivity contribution is 6.00. The Balaban J connectivity index is 2.06. The summed E-state index contributed by atoms with van der Waals surface area (Å²) >= 11 is 0. The third-order valence-electron chi connectivity index (χ3n) is 3.03. The zero-order chi connectivity index (χ0) is 15.2. The predicted molar refractivity (Wildman–Crippen MR) is 84.7 cm³/mol. The van der Waals surface area contributed by atoms with Crippen molar-refractivity contribution in [2.75, 3.05) is 17.7 Å². The van der Waals surface area contributed by atoms with E-state index in [0.717, 1.165) is 5.56 Å². The molecular formula is C16H19N3O2. The van der Waals surface area contributed by atoms with Crippen molar-refractivity contribution in [3.05, 3.63) is 54.1 Å². The zero-order valence-electron chi connectivity index (χ0n) is 12.1. The lowest BCUT2D eigenvalue weighted by atomic mass is 10.1. The van der Waals surface area contributed by atoms with E-state index in [2.05, 4.69) is 10.6 Å². The lowest BCUT2D eigenvalue weighted by molar-refractivity contribution is 0.262. The Morgan fingerprint density at radius 1 is 1.14 bits per heavy atom. The molecule has 0 heterocycles. The highest BCUT2D eigenvalue weighted by atomic mass is 16.5. The van der Waals surface area contributed by atoms with Gasteiger partial charge in [-0.25, -0.2) is 4.79 Å². The number of carbonyl (C=O) groups excluding carboxylic acids is 1. The van der Waals surface area contributed by atoms with Crippen molar-refractivity contribution < 1.29 is 9.53 Å². The summed E-state index contributed by atoms with van der Waals surface area (Å²) in [6, 6.07) is 14.3. The molecule has 0 aliphatic rings. The Bertz CT molecular complexity index is 626. The van der Waals surface area contributed by atoms with Crippen LogP contribution < -0.4 is 21.1 Å². The Kier molecular flexibility index (Phi) is 4.79. The maximum absolute atomic E-state index is 12.0. The van der Waals surface area contributed by atoms with Crippen LogP contribution >= 0.6 is 0 Å². The van der Waals surface area contributed by atoms with Crippen LogP contribution in [0.2, 0.25) is 0 Å². The first-order valence-electron chi connectivity index (χ1n) is 6.66. The highest BCUT2D eigenvalue weighted by Gasteiger charge is 2.07. The summed E-state index contributed by atoms with van der Waals surface area (Å²) in [5.74, 6) is 0.608. The standard InChI is InChI=1S/C16H19N3O2/c1-11(17)12-6-5-7-13(10-12)18-16(20)19-14-8-3-4-9-15(14)21-2/h3-11H,17H2,1-2H3,(H2,18,19,20). The number of benzene rings is 2. The molecule has 110 valence electrons. The largest absolute Gasteiger partial charge is 0.495 e. The van der Waals surface area contributed by atoms with Crippen molar-refractivity contribution in [1.29, 1.82) is 0 Å². The Labute approximate surface area is 124 Å². The summed E-state index contributed by atoms with van der Waals surface area (Å²) in [6.45, 7) is 1.90. The van der Waals surface area contributed by atoms with E-state index >= 15 is 0 Å². The molecule has 2 aromatic rings. The van der Waals surface area contributed by atoms with Gasteiger partial charge in [-0.1, -0.05) is 24.3 Å². The molecule has 2 amide bonds. The predicted octanol–water partition coefficient (Wildman–Crippen LogP) is 3.36. The van der Waals surface area contributed by atoms with Crippen molar-refractivity contribution in [2.24, 2.45) is 5.73 Å². The molecule has 4 N–H and O–H groups in total. The molecule has 1 unspecified atom stereocenters. The summed E-state index contributed by atoms with van der Waals surface area (Å²) in [4.78, 5) is 12.0. The summed E-state index contributed by atoms with van der Waals surface area (Å²) in [6.07, 6.45) is 0. The van der Waals surface area contributed by atoms with E-state index in [0.29, 0.717) is 17.1 Å². The van der Waals surface area contributed by atoms with Crippen LogP contribution in [0.15, 0.2) is 48.5 Å². The first-order valence-corrected chi connectivity index (χ1v) is 6.66. The molecule has 21 heavy (non-hydrogen) atoms. The molecule has 1 atom stereocenters. The smallest absolute Gasteiger partial charge is 0.323 e. The highest BCUT2D eigenvalue weighted by Crippen LogP contribution is 2.23. The van der Waals surface area contributed by atoms with Crippen LogP contribution in [-0.2, 0) is 0 Å². The molecule has 5 heteroatoms. The monoisotopic (exact) mass is 285 g/mol. The first-order chi connectivity index (χ1) is 10.1. The van der Waals surface area contributed by atoms with Crippen LogP contribution in [0.5, 0.6) is 5.75 Å². The number of anilines is 2. The number of amides is 2. The topological polar surface area (TPSA) is 76.4 Å². The number of hydrogen-bond donors (Lipinski definition) is 3. The van der Waals surface area contributed by atoms with E-state index in [1.54, 1.807) is 19.2 Å². The van der Waals surface area contributed by atoms with Crippen molar-refractivity contribution >= 4 is 17.4 Å². The van der Waals surface area contributed by atoms with Crippen molar-refractivity contribution in [2.45, 2.75) is 13.0 Å². The first kappa shape index (κ1) is 14.9. The molecule has 2 aromatic carbocycles. The third-order valence-corrected chi connectivity index (χ3v) is 3.03. The van der Waals surface area contributed by atoms with E-state index in [-0.39, 0.29) is 12.1 Å². The van der Waals surface area contributed by atoms with E-state index in [4.69, 9.17) is 10.5 Å². The molecule has 0 saturated carbocycles. The maximum atomic E-state index is 12.0. The van der Waals surface area contributed by atoms with Gasteiger partial charge < -0.3 is 21.1 Å². The van der Waals surface area contributed by atoms with Gasteiger partial charge in [0.25, 0.3) is 0 Å².